The molecule has 0 amide bonds. The average Bonchev–Trinajstić information content (AvgIpc) is 2.45. The van der Waals surface area contributed by atoms with E-state index in [-0.39, 0.29) is 6.10 Å². The van der Waals surface area contributed by atoms with Gasteiger partial charge in [-0.2, -0.15) is 0 Å². The van der Waals surface area contributed by atoms with Gasteiger partial charge < -0.3 is 16.2 Å². The van der Waals surface area contributed by atoms with E-state index < -0.39 is 6.67 Å². The Kier molecular flexibility index (Phi) is 5.22. The molecule has 0 unspecified atom stereocenters. The predicted octanol–water partition coefficient (Wildman–Crippen LogP) is 1.84. The Morgan fingerprint density at radius 3 is 2.76 bits per heavy atom. The molecule has 1 saturated heterocycles. The highest BCUT2D eigenvalue weighted by molar-refractivity contribution is 5.36. The minimum absolute atomic E-state index is 0.167. The number of hydrogen-bond donors (Lipinski definition) is 2. The summed E-state index contributed by atoms with van der Waals surface area (Å²) < 4.78 is 18.5. The molecule has 0 aromatic heterocycles. The summed E-state index contributed by atoms with van der Waals surface area (Å²) >= 11 is 0. The maximum absolute atomic E-state index is 12.6. The summed E-state index contributed by atoms with van der Waals surface area (Å²) in [6, 6.07) is 5.43. The summed E-state index contributed by atoms with van der Waals surface area (Å²) in [5.74, 6) is 0.827. The molecule has 0 atom stereocenters. The fraction of sp³-hybridized carbons (Fsp3) is 0.375. The first-order chi connectivity index (χ1) is 10.2. The fourth-order valence-electron chi connectivity index (χ4n) is 2.38. The molecule has 2 rings (SSSR count). The van der Waals surface area contributed by atoms with Gasteiger partial charge in [0, 0.05) is 19.6 Å². The Bertz CT molecular complexity index is 536. The lowest BCUT2D eigenvalue weighted by molar-refractivity contribution is 0.0265. The lowest BCUT2D eigenvalue weighted by Gasteiger charge is -2.39. The number of likely N-dealkylation sites (tertiary alicyclic amines) is 1. The van der Waals surface area contributed by atoms with Gasteiger partial charge in [0.2, 0.25) is 0 Å². The number of halogens is 1. The number of ether oxygens (including phenoxy) is 1. The van der Waals surface area contributed by atoms with E-state index in [1.165, 1.54) is 6.20 Å². The Labute approximate surface area is 124 Å². The number of hydrogen-bond acceptors (Lipinski definition) is 4. The van der Waals surface area contributed by atoms with Crippen LogP contribution in [-0.2, 0) is 6.67 Å². The van der Waals surface area contributed by atoms with Crippen molar-refractivity contribution in [2.75, 3.05) is 19.6 Å². The van der Waals surface area contributed by atoms with E-state index in [2.05, 4.69) is 4.90 Å². The van der Waals surface area contributed by atoms with Crippen molar-refractivity contribution in [3.8, 4) is 5.75 Å². The van der Waals surface area contributed by atoms with Crippen LogP contribution in [0.3, 0.4) is 0 Å². The van der Waals surface area contributed by atoms with Crippen molar-refractivity contribution < 1.29 is 9.13 Å². The Morgan fingerprint density at radius 1 is 1.43 bits per heavy atom. The number of alkyl halides is 1. The molecule has 114 valence electrons. The molecule has 0 aliphatic carbocycles. The van der Waals surface area contributed by atoms with Crippen molar-refractivity contribution in [3.63, 3.8) is 0 Å². The molecule has 0 radical (unpaired) electrons. The first-order valence-electron chi connectivity index (χ1n) is 6.99. The molecule has 4 N–H and O–H groups in total. The number of rotatable bonds is 6. The molecule has 1 fully saturated rings. The van der Waals surface area contributed by atoms with Crippen LogP contribution >= 0.6 is 0 Å². The van der Waals surface area contributed by atoms with Crippen molar-refractivity contribution in [2.45, 2.75) is 19.7 Å². The zero-order chi connectivity index (χ0) is 15.2. The number of benzene rings is 1. The molecule has 0 spiro atoms. The minimum atomic E-state index is -0.443. The highest BCUT2D eigenvalue weighted by Crippen LogP contribution is 2.24. The van der Waals surface area contributed by atoms with Gasteiger partial charge in [-0.25, -0.2) is 4.39 Å². The maximum Gasteiger partial charge on any atom is 0.124 e. The van der Waals surface area contributed by atoms with E-state index in [0.29, 0.717) is 5.56 Å². The van der Waals surface area contributed by atoms with Gasteiger partial charge >= 0.3 is 0 Å². The van der Waals surface area contributed by atoms with Crippen LogP contribution in [0.5, 0.6) is 5.75 Å². The number of nitrogens with zero attached hydrogens (tertiary/aromatic N) is 1. The molecule has 1 aliphatic heterocycles. The quantitative estimate of drug-likeness (QED) is 0.785. The highest BCUT2D eigenvalue weighted by Gasteiger charge is 2.28. The average molecular weight is 291 g/mol. The molecule has 5 heteroatoms. The van der Waals surface area contributed by atoms with Crippen molar-refractivity contribution in [1.82, 2.24) is 4.90 Å². The molecule has 0 saturated carbocycles. The summed E-state index contributed by atoms with van der Waals surface area (Å²) in [4.78, 5) is 2.23. The number of nitrogens with two attached hydrogens (primary N) is 2. The van der Waals surface area contributed by atoms with E-state index in [4.69, 9.17) is 16.2 Å². The molecular formula is C16H22FN3O. The van der Waals surface area contributed by atoms with E-state index in [0.717, 1.165) is 36.5 Å². The summed E-state index contributed by atoms with van der Waals surface area (Å²) in [7, 11) is 0. The largest absolute Gasteiger partial charge is 0.487 e. The third-order valence-electron chi connectivity index (χ3n) is 3.54. The standard InChI is InChI=1S/C16H22FN3O/c1-12-6-13(7-17)2-3-16(12)21-15-10-20(11-15)9-14(8-19)4-5-18/h2-6,8,15H,7,9-11,18-19H2,1H3/b5-4-,14-8+. The lowest BCUT2D eigenvalue weighted by atomic mass is 10.1. The molecule has 1 aromatic carbocycles. The predicted molar refractivity (Wildman–Crippen MR) is 82.4 cm³/mol. The lowest BCUT2D eigenvalue weighted by Crippen LogP contribution is -2.54. The Balaban J connectivity index is 1.83. The van der Waals surface area contributed by atoms with Gasteiger partial charge in [-0.05, 0) is 54.2 Å². The number of aryl methyl sites for hydroxylation is 1. The van der Waals surface area contributed by atoms with Crippen LogP contribution in [-0.4, -0.2) is 30.6 Å². The van der Waals surface area contributed by atoms with Gasteiger partial charge in [-0.1, -0.05) is 6.07 Å². The normalized spacial score (nSPS) is 17.1. The SMILES string of the molecule is Cc1cc(CF)ccc1OC1CN(CC(/C=C\N)=C/N)C1. The highest BCUT2D eigenvalue weighted by atomic mass is 19.1. The van der Waals surface area contributed by atoms with Crippen LogP contribution in [0.15, 0.2) is 42.2 Å². The van der Waals surface area contributed by atoms with Gasteiger partial charge in [0.1, 0.15) is 18.5 Å². The molecule has 1 aliphatic rings. The van der Waals surface area contributed by atoms with Crippen LogP contribution in [0.1, 0.15) is 11.1 Å². The van der Waals surface area contributed by atoms with Gasteiger partial charge in [0.05, 0.1) is 0 Å². The van der Waals surface area contributed by atoms with E-state index in [1.54, 1.807) is 18.3 Å². The molecule has 1 heterocycles. The second-order valence-corrected chi connectivity index (χ2v) is 5.27. The Morgan fingerprint density at radius 2 is 2.19 bits per heavy atom. The van der Waals surface area contributed by atoms with Crippen molar-refractivity contribution >= 4 is 0 Å². The summed E-state index contributed by atoms with van der Waals surface area (Å²) in [5, 5.41) is 0. The maximum atomic E-state index is 12.6. The van der Waals surface area contributed by atoms with Crippen LogP contribution in [0.2, 0.25) is 0 Å². The summed E-state index contributed by atoms with van der Waals surface area (Å²) in [6.45, 7) is 3.96. The fourth-order valence-corrected chi connectivity index (χ4v) is 2.38. The third-order valence-corrected chi connectivity index (χ3v) is 3.54. The smallest absolute Gasteiger partial charge is 0.124 e. The topological polar surface area (TPSA) is 64.5 Å². The van der Waals surface area contributed by atoms with Crippen LogP contribution < -0.4 is 16.2 Å². The van der Waals surface area contributed by atoms with Gasteiger partial charge in [-0.3, -0.25) is 4.90 Å². The second kappa shape index (κ2) is 7.13. The van der Waals surface area contributed by atoms with E-state index in [9.17, 15) is 4.39 Å². The van der Waals surface area contributed by atoms with E-state index in [1.807, 2.05) is 19.1 Å². The molecule has 4 nitrogen and oxygen atoms in total. The van der Waals surface area contributed by atoms with E-state index >= 15 is 0 Å². The first kappa shape index (κ1) is 15.4. The van der Waals surface area contributed by atoms with Gasteiger partial charge in [0.15, 0.2) is 0 Å². The summed E-state index contributed by atoms with van der Waals surface area (Å²) in [5.41, 5.74) is 13.5. The molecule has 0 bridgehead atoms. The van der Waals surface area contributed by atoms with Crippen LogP contribution in [0, 0.1) is 6.92 Å². The zero-order valence-electron chi connectivity index (χ0n) is 12.3. The second-order valence-electron chi connectivity index (χ2n) is 5.27. The van der Waals surface area contributed by atoms with Gasteiger partial charge in [-0.15, -0.1) is 0 Å². The molecule has 1 aromatic rings. The minimum Gasteiger partial charge on any atom is -0.487 e. The van der Waals surface area contributed by atoms with Gasteiger partial charge in [0.25, 0.3) is 0 Å². The van der Waals surface area contributed by atoms with Crippen LogP contribution in [0.4, 0.5) is 4.39 Å². The first-order valence-corrected chi connectivity index (χ1v) is 6.99. The van der Waals surface area contributed by atoms with Crippen molar-refractivity contribution in [3.05, 3.63) is 53.4 Å². The molecule has 21 heavy (non-hydrogen) atoms. The third kappa shape index (κ3) is 3.98. The van der Waals surface area contributed by atoms with Crippen molar-refractivity contribution in [1.29, 1.82) is 0 Å². The monoisotopic (exact) mass is 291 g/mol. The molecular weight excluding hydrogens is 269 g/mol. The summed E-state index contributed by atoms with van der Waals surface area (Å²) in [6.07, 6.45) is 5.02. The van der Waals surface area contributed by atoms with Crippen LogP contribution in [0.25, 0.3) is 0 Å². The van der Waals surface area contributed by atoms with Crippen molar-refractivity contribution in [2.24, 2.45) is 11.5 Å². The zero-order valence-corrected chi connectivity index (χ0v) is 12.3. The Hall–Kier alpha value is -2.01.